The van der Waals surface area contributed by atoms with E-state index in [1.807, 2.05) is 13.8 Å². The first-order valence-electron chi connectivity index (χ1n) is 27.1. The van der Waals surface area contributed by atoms with Crippen LogP contribution >= 0.6 is 0 Å². The van der Waals surface area contributed by atoms with Crippen LogP contribution in [0.5, 0.6) is 0 Å². The summed E-state index contributed by atoms with van der Waals surface area (Å²) in [5.74, 6) is -6.61. The van der Waals surface area contributed by atoms with Crippen molar-refractivity contribution in [2.75, 3.05) is 32.7 Å². The number of hydrogen-bond donors (Lipinski definition) is 13. The van der Waals surface area contributed by atoms with Crippen LogP contribution in [0.25, 0.3) is 0 Å². The van der Waals surface area contributed by atoms with Crippen molar-refractivity contribution in [2.24, 2.45) is 28.9 Å². The molecule has 17 N–H and O–H groups in total. The van der Waals surface area contributed by atoms with Gasteiger partial charge in [-0.3, -0.25) is 43.2 Å². The molecule has 1 aliphatic heterocycles. The third-order valence-corrected chi connectivity index (χ3v) is 12.9. The van der Waals surface area contributed by atoms with Gasteiger partial charge in [0.15, 0.2) is 0 Å². The molecule has 2 aromatic carbocycles. The maximum Gasteiger partial charge on any atom is 0.243 e. The Morgan fingerprint density at radius 3 is 1.43 bits per heavy atom. The van der Waals surface area contributed by atoms with E-state index < -0.39 is 95.6 Å². The van der Waals surface area contributed by atoms with E-state index in [-0.39, 0.29) is 102 Å². The molecular formula is C54H87N13O9. The van der Waals surface area contributed by atoms with Gasteiger partial charge in [0.1, 0.15) is 48.3 Å². The number of rotatable bonds is 25. The highest BCUT2D eigenvalue weighted by Crippen LogP contribution is 2.13. The van der Waals surface area contributed by atoms with Gasteiger partial charge in [0.2, 0.25) is 53.2 Å². The van der Waals surface area contributed by atoms with Gasteiger partial charge in [0, 0.05) is 25.8 Å². The second-order valence-corrected chi connectivity index (χ2v) is 19.8. The van der Waals surface area contributed by atoms with E-state index in [1.54, 1.807) is 60.7 Å². The van der Waals surface area contributed by atoms with Gasteiger partial charge in [-0.25, -0.2) is 0 Å². The van der Waals surface area contributed by atoms with E-state index in [4.69, 9.17) is 22.9 Å². The molecule has 22 heteroatoms. The highest BCUT2D eigenvalue weighted by Gasteiger charge is 2.35. The van der Waals surface area contributed by atoms with E-state index in [1.165, 1.54) is 0 Å². The maximum atomic E-state index is 14.4. The molecule has 0 unspecified atom stereocenters. The van der Waals surface area contributed by atoms with Gasteiger partial charge in [-0.05, 0) is 88.2 Å². The van der Waals surface area contributed by atoms with Gasteiger partial charge in [-0.2, -0.15) is 0 Å². The third-order valence-electron chi connectivity index (χ3n) is 12.9. The van der Waals surface area contributed by atoms with E-state index in [0.29, 0.717) is 17.5 Å². The molecule has 9 amide bonds. The summed E-state index contributed by atoms with van der Waals surface area (Å²) >= 11 is 0. The van der Waals surface area contributed by atoms with Gasteiger partial charge in [-0.15, -0.1) is 0 Å². The van der Waals surface area contributed by atoms with Crippen LogP contribution in [0, 0.1) is 5.92 Å². The molecule has 8 atom stereocenters. The largest absolute Gasteiger partial charge is 0.354 e. The zero-order valence-corrected chi connectivity index (χ0v) is 44.8. The number of amides is 9. The average molecular weight is 1060 g/mol. The SMILES string of the molecule is CCCCCCCCCC(=O)N[C@H](CCN)C(=O)N[C@H]1CCNC(=O)[C@H](Cc2ccccc2)NC(=O)[C@H](CCN)NC(=O)[C@H](CCN)NC(=O)[C@H](Cc2ccccc2)NC(=O)[C@@H](CC(C)C)NC(=O)[C@H](CCN)NC1=O. The lowest BCUT2D eigenvalue weighted by Crippen LogP contribution is -2.61. The van der Waals surface area contributed by atoms with E-state index >= 15 is 0 Å². The van der Waals surface area contributed by atoms with Crippen LogP contribution in [0.1, 0.15) is 122 Å². The number of nitrogens with one attached hydrogen (secondary N) is 9. The fourth-order valence-electron chi connectivity index (χ4n) is 8.71. The molecule has 0 aromatic heterocycles. The van der Waals surface area contributed by atoms with Crippen LogP contribution in [-0.4, -0.2) is 134 Å². The summed E-state index contributed by atoms with van der Waals surface area (Å²) < 4.78 is 0. The van der Waals surface area contributed by atoms with Crippen molar-refractivity contribution in [3.8, 4) is 0 Å². The van der Waals surface area contributed by atoms with E-state index in [9.17, 15) is 43.2 Å². The van der Waals surface area contributed by atoms with E-state index in [2.05, 4.69) is 54.8 Å². The Kier molecular flexibility index (Phi) is 30.0. The molecule has 1 fully saturated rings. The van der Waals surface area contributed by atoms with Crippen molar-refractivity contribution in [2.45, 2.75) is 172 Å². The van der Waals surface area contributed by atoms with Crippen LogP contribution < -0.4 is 70.8 Å². The predicted molar refractivity (Wildman–Crippen MR) is 290 cm³/mol. The molecule has 1 saturated heterocycles. The molecule has 0 saturated carbocycles. The quantitative estimate of drug-likeness (QED) is 0.0556. The first-order valence-corrected chi connectivity index (χ1v) is 27.1. The fourth-order valence-corrected chi connectivity index (χ4v) is 8.71. The van der Waals surface area contributed by atoms with Crippen molar-refractivity contribution in [3.63, 3.8) is 0 Å². The Hall–Kier alpha value is -6.49. The third kappa shape index (κ3) is 23.6. The van der Waals surface area contributed by atoms with Crippen LogP contribution in [0.4, 0.5) is 0 Å². The topological polar surface area (TPSA) is 366 Å². The monoisotopic (exact) mass is 1060 g/mol. The second-order valence-electron chi connectivity index (χ2n) is 19.8. The van der Waals surface area contributed by atoms with Gasteiger partial charge in [0.25, 0.3) is 0 Å². The Morgan fingerprint density at radius 1 is 0.539 bits per heavy atom. The molecule has 0 spiro atoms. The molecule has 0 radical (unpaired) electrons. The standard InChI is InChI=1S/C54H87N13O9/c1-4-5-6-7-8-9-16-21-46(68)60-38(22-27-55)48(70)64-42-26-31-59-47(69)44(33-36-17-12-10-13-18-36)66-51(73)41(25-30-58)61-49(71)39(23-28-56)63-54(76)45(34-37-19-14-11-15-20-37)67-53(75)43(32-35(2)3)65-50(72)40(24-29-57)62-52(42)74/h10-15,17-20,35,38-45H,4-9,16,21-34,55-58H2,1-3H3,(H,59,69)(H,60,68)(H,61,71)(H,62,74)(H,63,76)(H,64,70)(H,65,72)(H,66,73)(H,67,75)/t38-,39+,40+,41+,42+,43-,44+,45+/m1/s1. The minimum atomic E-state index is -1.43. The first-order chi connectivity index (χ1) is 36.5. The average Bonchev–Trinajstić information content (AvgIpc) is 3.39. The fraction of sp³-hybridized carbons (Fsp3) is 0.611. The second kappa shape index (κ2) is 35.7. The molecule has 2 aromatic rings. The zero-order chi connectivity index (χ0) is 55.8. The highest BCUT2D eigenvalue weighted by molar-refractivity contribution is 5.98. The van der Waals surface area contributed by atoms with Gasteiger partial charge < -0.3 is 70.8 Å². The first kappa shape index (κ1) is 63.8. The number of unbranched alkanes of at least 4 members (excludes halogenated alkanes) is 6. The van der Waals surface area contributed by atoms with Crippen LogP contribution in [-0.2, 0) is 56.0 Å². The lowest BCUT2D eigenvalue weighted by molar-refractivity contribution is -0.136. The van der Waals surface area contributed by atoms with Crippen molar-refractivity contribution < 1.29 is 43.2 Å². The van der Waals surface area contributed by atoms with E-state index in [0.717, 1.165) is 38.5 Å². The lowest BCUT2D eigenvalue weighted by Gasteiger charge is -2.28. The number of benzene rings is 2. The molecule has 1 heterocycles. The Morgan fingerprint density at radius 2 is 0.961 bits per heavy atom. The summed E-state index contributed by atoms with van der Waals surface area (Å²) in [5, 5.41) is 24.5. The minimum Gasteiger partial charge on any atom is -0.354 e. The smallest absolute Gasteiger partial charge is 0.243 e. The van der Waals surface area contributed by atoms with Crippen molar-refractivity contribution >= 4 is 53.2 Å². The summed E-state index contributed by atoms with van der Waals surface area (Å²) in [6, 6.07) is 7.37. The highest BCUT2D eigenvalue weighted by atomic mass is 16.2. The van der Waals surface area contributed by atoms with Gasteiger partial charge in [0.05, 0.1) is 0 Å². The van der Waals surface area contributed by atoms with Gasteiger partial charge in [-0.1, -0.05) is 120 Å². The molecule has 0 aliphatic carbocycles. The normalized spacial score (nSPS) is 22.2. The summed E-state index contributed by atoms with van der Waals surface area (Å²) in [6.07, 6.45) is 6.72. The molecule has 76 heavy (non-hydrogen) atoms. The minimum absolute atomic E-state index is 0.00422. The summed E-state index contributed by atoms with van der Waals surface area (Å²) in [4.78, 5) is 127. The molecule has 3 rings (SSSR count). The van der Waals surface area contributed by atoms with Crippen molar-refractivity contribution in [3.05, 3.63) is 71.8 Å². The van der Waals surface area contributed by atoms with Crippen molar-refractivity contribution in [1.29, 1.82) is 0 Å². The van der Waals surface area contributed by atoms with Crippen LogP contribution in [0.3, 0.4) is 0 Å². The van der Waals surface area contributed by atoms with Crippen LogP contribution in [0.15, 0.2) is 60.7 Å². The number of carbonyl (C=O) groups is 9. The van der Waals surface area contributed by atoms with Crippen molar-refractivity contribution in [1.82, 2.24) is 47.9 Å². The number of hydrogen-bond acceptors (Lipinski definition) is 13. The molecule has 22 nitrogen and oxygen atoms in total. The lowest BCUT2D eigenvalue weighted by atomic mass is 10.00. The molecule has 0 bridgehead atoms. The summed E-state index contributed by atoms with van der Waals surface area (Å²) in [7, 11) is 0. The summed E-state index contributed by atoms with van der Waals surface area (Å²) in [6.45, 7) is 5.37. The maximum absolute atomic E-state index is 14.4. The Balaban J connectivity index is 2.10. The predicted octanol–water partition coefficient (Wildman–Crippen LogP) is -0.548. The zero-order valence-electron chi connectivity index (χ0n) is 44.8. The Labute approximate surface area is 448 Å². The summed E-state index contributed by atoms with van der Waals surface area (Å²) in [5.41, 5.74) is 25.1. The molecule has 1 aliphatic rings. The number of carbonyl (C=O) groups excluding carboxylic acids is 9. The number of nitrogens with two attached hydrogens (primary N) is 4. The van der Waals surface area contributed by atoms with Crippen LogP contribution in [0.2, 0.25) is 0 Å². The molecular weight excluding hydrogens is 975 g/mol. The van der Waals surface area contributed by atoms with Gasteiger partial charge >= 0.3 is 0 Å². The molecule has 422 valence electrons. The Bertz CT molecular complexity index is 2130.